The average molecular weight is 378 g/mol. The van der Waals surface area contributed by atoms with Crippen molar-refractivity contribution in [3.05, 3.63) is 70.2 Å². The minimum absolute atomic E-state index is 0.117. The molecule has 0 bridgehead atoms. The van der Waals surface area contributed by atoms with Crippen LogP contribution in [0.25, 0.3) is 0 Å². The van der Waals surface area contributed by atoms with Gasteiger partial charge in [0.05, 0.1) is 12.6 Å². The lowest BCUT2D eigenvalue weighted by Gasteiger charge is -2.27. The van der Waals surface area contributed by atoms with Crippen LogP contribution in [0.1, 0.15) is 18.1 Å². The second-order valence-electron chi connectivity index (χ2n) is 5.33. The molecule has 1 atom stereocenters. The molecule has 0 heterocycles. The molecule has 0 aliphatic rings. The lowest BCUT2D eigenvalue weighted by atomic mass is 10.2. The molecule has 4 nitrogen and oxygen atoms in total. The fourth-order valence-electron chi connectivity index (χ4n) is 2.13. The molecule has 2 aromatic carbocycles. The summed E-state index contributed by atoms with van der Waals surface area (Å²) in [5.74, 6) is 0. The Balaban J connectivity index is 2.03. The van der Waals surface area contributed by atoms with Crippen molar-refractivity contribution in [2.24, 2.45) is 0 Å². The molecule has 1 unspecified atom stereocenters. The molecule has 0 fully saturated rings. The summed E-state index contributed by atoms with van der Waals surface area (Å²) in [6, 6.07) is 16.9. The van der Waals surface area contributed by atoms with E-state index >= 15 is 0 Å². The van der Waals surface area contributed by atoms with Crippen LogP contribution < -0.4 is 0 Å². The molecule has 0 aliphatic carbocycles. The molecule has 0 radical (unpaired) electrons. The third kappa shape index (κ3) is 5.37. The van der Waals surface area contributed by atoms with Crippen molar-refractivity contribution in [2.45, 2.75) is 26.1 Å². The number of ether oxygens (including phenoxy) is 1. The van der Waals surface area contributed by atoms with Crippen LogP contribution in [-0.4, -0.2) is 28.7 Å². The Morgan fingerprint density at radius 2 is 1.87 bits per heavy atom. The minimum Gasteiger partial charge on any atom is -0.445 e. The maximum atomic E-state index is 12.4. The quantitative estimate of drug-likeness (QED) is 0.828. The number of hydrogen-bond donors (Lipinski definition) is 1. The highest BCUT2D eigenvalue weighted by Crippen LogP contribution is 2.16. The van der Waals surface area contributed by atoms with Crippen LogP contribution in [0.4, 0.5) is 4.79 Å². The highest BCUT2D eigenvalue weighted by Gasteiger charge is 2.21. The van der Waals surface area contributed by atoms with Gasteiger partial charge in [-0.2, -0.15) is 0 Å². The van der Waals surface area contributed by atoms with Crippen molar-refractivity contribution in [3.63, 3.8) is 0 Å². The Hall–Kier alpha value is -1.85. The average Bonchev–Trinajstić information content (AvgIpc) is 2.58. The van der Waals surface area contributed by atoms with Crippen molar-refractivity contribution in [3.8, 4) is 0 Å². The van der Waals surface area contributed by atoms with E-state index in [1.165, 1.54) is 4.90 Å². The Kier molecular flexibility index (Phi) is 6.62. The number of benzene rings is 2. The van der Waals surface area contributed by atoms with Gasteiger partial charge in [-0.25, -0.2) is 4.79 Å². The van der Waals surface area contributed by atoms with Gasteiger partial charge in [0, 0.05) is 11.0 Å². The molecule has 2 aromatic rings. The Bertz CT molecular complexity index is 633. The van der Waals surface area contributed by atoms with Crippen LogP contribution >= 0.6 is 15.9 Å². The highest BCUT2D eigenvalue weighted by atomic mass is 79.9. The molecule has 0 aliphatic heterocycles. The first-order valence-electron chi connectivity index (χ1n) is 7.42. The second-order valence-corrected chi connectivity index (χ2v) is 6.25. The third-order valence-corrected chi connectivity index (χ3v) is 3.97. The van der Waals surface area contributed by atoms with E-state index in [0.29, 0.717) is 6.54 Å². The summed E-state index contributed by atoms with van der Waals surface area (Å²) in [6.07, 6.45) is -0.435. The monoisotopic (exact) mass is 377 g/mol. The van der Waals surface area contributed by atoms with E-state index < -0.39 is 6.09 Å². The summed E-state index contributed by atoms with van der Waals surface area (Å²) in [5, 5.41) is 9.41. The maximum absolute atomic E-state index is 12.4. The van der Waals surface area contributed by atoms with Crippen molar-refractivity contribution >= 4 is 22.0 Å². The first-order chi connectivity index (χ1) is 11.1. The van der Waals surface area contributed by atoms with E-state index in [-0.39, 0.29) is 19.3 Å². The minimum atomic E-state index is -0.435. The van der Waals surface area contributed by atoms with Gasteiger partial charge in [0.1, 0.15) is 6.61 Å². The number of halogens is 1. The summed E-state index contributed by atoms with van der Waals surface area (Å²) >= 11 is 3.42. The molecule has 5 heteroatoms. The molecule has 0 saturated carbocycles. The number of nitrogens with zero attached hydrogens (tertiary/aromatic N) is 1. The molecule has 23 heavy (non-hydrogen) atoms. The zero-order chi connectivity index (χ0) is 16.7. The summed E-state index contributed by atoms with van der Waals surface area (Å²) in [5.41, 5.74) is 1.90. The van der Waals surface area contributed by atoms with Gasteiger partial charge in [-0.1, -0.05) is 58.4 Å². The number of aliphatic hydroxyl groups excluding tert-OH is 1. The maximum Gasteiger partial charge on any atom is 0.410 e. The third-order valence-electron chi connectivity index (χ3n) is 3.48. The van der Waals surface area contributed by atoms with Crippen molar-refractivity contribution in [1.29, 1.82) is 0 Å². The lowest BCUT2D eigenvalue weighted by molar-refractivity contribution is 0.0654. The number of amides is 1. The van der Waals surface area contributed by atoms with Gasteiger partial charge >= 0.3 is 6.09 Å². The molecular formula is C18H20BrNO3. The van der Waals surface area contributed by atoms with Gasteiger partial charge in [0.2, 0.25) is 0 Å². The zero-order valence-corrected chi connectivity index (χ0v) is 14.6. The summed E-state index contributed by atoms with van der Waals surface area (Å²) in [7, 11) is 0. The number of hydrogen-bond acceptors (Lipinski definition) is 3. The van der Waals surface area contributed by atoms with Gasteiger partial charge in [-0.3, -0.25) is 4.90 Å². The summed E-state index contributed by atoms with van der Waals surface area (Å²) in [6.45, 7) is 2.28. The fraction of sp³-hybridized carbons (Fsp3) is 0.278. The van der Waals surface area contributed by atoms with Crippen LogP contribution in [0.2, 0.25) is 0 Å². The smallest absolute Gasteiger partial charge is 0.410 e. The van der Waals surface area contributed by atoms with E-state index in [1.807, 2.05) is 54.6 Å². The summed E-state index contributed by atoms with van der Waals surface area (Å²) in [4.78, 5) is 13.9. The van der Waals surface area contributed by atoms with Crippen LogP contribution in [0.15, 0.2) is 59.1 Å². The Morgan fingerprint density at radius 1 is 1.17 bits per heavy atom. The largest absolute Gasteiger partial charge is 0.445 e. The molecule has 122 valence electrons. The molecule has 1 N–H and O–H groups in total. The van der Waals surface area contributed by atoms with E-state index in [9.17, 15) is 9.90 Å². The normalized spacial score (nSPS) is 11.8. The van der Waals surface area contributed by atoms with Gasteiger partial charge in [0.15, 0.2) is 0 Å². The van der Waals surface area contributed by atoms with Crippen molar-refractivity contribution in [2.75, 3.05) is 6.61 Å². The van der Waals surface area contributed by atoms with Crippen LogP contribution in [-0.2, 0) is 17.9 Å². The predicted octanol–water partition coefficient (Wildman–Crippen LogP) is 3.97. The van der Waals surface area contributed by atoms with Crippen molar-refractivity contribution in [1.82, 2.24) is 4.90 Å². The molecule has 1 amide bonds. The number of carbonyl (C=O) groups is 1. The van der Waals surface area contributed by atoms with Gasteiger partial charge < -0.3 is 9.84 Å². The molecule has 0 spiro atoms. The summed E-state index contributed by atoms with van der Waals surface area (Å²) < 4.78 is 6.33. The van der Waals surface area contributed by atoms with E-state index in [4.69, 9.17) is 4.74 Å². The molecule has 0 saturated heterocycles. The first-order valence-corrected chi connectivity index (χ1v) is 8.22. The number of aliphatic hydroxyl groups is 1. The molecule has 0 aromatic heterocycles. The van der Waals surface area contributed by atoms with Crippen LogP contribution in [0, 0.1) is 0 Å². The lowest BCUT2D eigenvalue weighted by Crippen LogP contribution is -2.40. The van der Waals surface area contributed by atoms with Crippen LogP contribution in [0.3, 0.4) is 0 Å². The standard InChI is InChI=1S/C18H20BrNO3/c1-14(12-21)20(11-16-8-5-9-17(19)10-16)18(22)23-13-15-6-3-2-4-7-15/h2-10,14,21H,11-13H2,1H3. The van der Waals surface area contributed by atoms with Gasteiger partial charge in [-0.05, 0) is 30.2 Å². The highest BCUT2D eigenvalue weighted by molar-refractivity contribution is 9.10. The zero-order valence-electron chi connectivity index (χ0n) is 13.0. The second kappa shape index (κ2) is 8.70. The molecule has 2 rings (SSSR count). The van der Waals surface area contributed by atoms with Gasteiger partial charge in [-0.15, -0.1) is 0 Å². The first kappa shape index (κ1) is 17.5. The van der Waals surface area contributed by atoms with Crippen LogP contribution in [0.5, 0.6) is 0 Å². The van der Waals surface area contributed by atoms with Crippen molar-refractivity contribution < 1.29 is 14.6 Å². The van der Waals surface area contributed by atoms with Gasteiger partial charge in [0.25, 0.3) is 0 Å². The number of rotatable bonds is 6. The van der Waals surface area contributed by atoms with E-state index in [1.54, 1.807) is 6.92 Å². The fourth-order valence-corrected chi connectivity index (χ4v) is 2.58. The van der Waals surface area contributed by atoms with E-state index in [0.717, 1.165) is 15.6 Å². The SMILES string of the molecule is CC(CO)N(Cc1cccc(Br)c1)C(=O)OCc1ccccc1. The molecular weight excluding hydrogens is 358 g/mol. The topological polar surface area (TPSA) is 49.8 Å². The predicted molar refractivity (Wildman–Crippen MR) is 92.9 cm³/mol. The number of carbonyl (C=O) groups excluding carboxylic acids is 1. The Labute approximate surface area is 144 Å². The van der Waals surface area contributed by atoms with E-state index in [2.05, 4.69) is 15.9 Å². The Morgan fingerprint density at radius 3 is 2.52 bits per heavy atom.